The molecule has 0 spiro atoms. The molecule has 2 aliphatic rings. The van der Waals surface area contributed by atoms with Crippen molar-refractivity contribution in [2.45, 2.75) is 45.2 Å². The Morgan fingerprint density at radius 2 is 2.20 bits per heavy atom. The third-order valence-electron chi connectivity index (χ3n) is 5.30. The summed E-state index contributed by atoms with van der Waals surface area (Å²) in [6.45, 7) is 3.27. The Hall–Kier alpha value is -0.540. The molecule has 0 aromatic heterocycles. The number of hydrogen-bond acceptors (Lipinski definition) is 2. The fourth-order valence-electron chi connectivity index (χ4n) is 4.14. The van der Waals surface area contributed by atoms with Gasteiger partial charge in [0.15, 0.2) is 0 Å². The predicted octanol–water partition coefficient (Wildman–Crippen LogP) is 4.37. The number of rotatable bonds is 5. The number of ether oxygens (including phenoxy) is 1. The highest BCUT2D eigenvalue weighted by molar-refractivity contribution is 9.10. The lowest BCUT2D eigenvalue weighted by atomic mass is 9.84. The van der Waals surface area contributed by atoms with Gasteiger partial charge in [-0.1, -0.05) is 22.4 Å². The van der Waals surface area contributed by atoms with E-state index in [9.17, 15) is 0 Å². The van der Waals surface area contributed by atoms with Crippen molar-refractivity contribution in [1.29, 1.82) is 0 Å². The average molecular weight is 338 g/mol. The molecule has 4 atom stereocenters. The van der Waals surface area contributed by atoms with E-state index >= 15 is 0 Å². The fraction of sp³-hybridized carbons (Fsp3) is 0.647. The molecule has 0 aliphatic heterocycles. The summed E-state index contributed by atoms with van der Waals surface area (Å²) in [6, 6.07) is 6.79. The van der Waals surface area contributed by atoms with E-state index in [0.717, 1.165) is 34.5 Å². The Morgan fingerprint density at radius 3 is 2.85 bits per heavy atom. The van der Waals surface area contributed by atoms with Gasteiger partial charge < -0.3 is 10.1 Å². The Bertz CT molecular complexity index is 476. The van der Waals surface area contributed by atoms with Crippen LogP contribution in [-0.4, -0.2) is 13.2 Å². The lowest BCUT2D eigenvalue weighted by Crippen LogP contribution is -2.35. The third-order valence-corrected chi connectivity index (χ3v) is 6.08. The van der Waals surface area contributed by atoms with Gasteiger partial charge in [-0.3, -0.25) is 0 Å². The molecule has 1 N–H and O–H groups in total. The highest BCUT2D eigenvalue weighted by Crippen LogP contribution is 2.49. The molecule has 0 heterocycles. The number of halogens is 1. The van der Waals surface area contributed by atoms with Crippen molar-refractivity contribution in [2.24, 2.45) is 17.8 Å². The van der Waals surface area contributed by atoms with Crippen LogP contribution < -0.4 is 10.1 Å². The maximum Gasteiger partial charge on any atom is 0.119 e. The first kappa shape index (κ1) is 14.4. The average Bonchev–Trinajstić information content (AvgIpc) is 3.08. The maximum absolute atomic E-state index is 5.31. The van der Waals surface area contributed by atoms with Gasteiger partial charge in [-0.05, 0) is 67.7 Å². The zero-order valence-electron chi connectivity index (χ0n) is 12.4. The van der Waals surface area contributed by atoms with Crippen LogP contribution in [-0.2, 0) is 6.54 Å². The summed E-state index contributed by atoms with van der Waals surface area (Å²) in [4.78, 5) is 0. The summed E-state index contributed by atoms with van der Waals surface area (Å²) in [5, 5.41) is 3.73. The van der Waals surface area contributed by atoms with E-state index in [-0.39, 0.29) is 0 Å². The van der Waals surface area contributed by atoms with Crippen molar-refractivity contribution in [3.05, 3.63) is 28.2 Å². The Morgan fingerprint density at radius 1 is 1.35 bits per heavy atom. The zero-order chi connectivity index (χ0) is 14.1. The van der Waals surface area contributed by atoms with E-state index in [1.165, 1.54) is 31.2 Å². The number of fused-ring (bicyclic) bond motifs is 2. The van der Waals surface area contributed by atoms with Crippen LogP contribution >= 0.6 is 15.9 Å². The third kappa shape index (κ3) is 2.89. The summed E-state index contributed by atoms with van der Waals surface area (Å²) in [6.07, 6.45) is 5.87. The molecule has 2 bridgehead atoms. The number of methoxy groups -OCH3 is 1. The predicted molar refractivity (Wildman–Crippen MR) is 85.9 cm³/mol. The summed E-state index contributed by atoms with van der Waals surface area (Å²) in [5.41, 5.74) is 1.28. The maximum atomic E-state index is 5.31. The topological polar surface area (TPSA) is 21.3 Å². The minimum absolute atomic E-state index is 0.614. The first-order chi connectivity index (χ1) is 9.67. The monoisotopic (exact) mass is 337 g/mol. The van der Waals surface area contributed by atoms with Gasteiger partial charge in [0, 0.05) is 17.1 Å². The quantitative estimate of drug-likeness (QED) is 0.861. The molecular weight excluding hydrogens is 314 g/mol. The van der Waals surface area contributed by atoms with Gasteiger partial charge in [0.25, 0.3) is 0 Å². The molecule has 4 unspecified atom stereocenters. The lowest BCUT2D eigenvalue weighted by Gasteiger charge is -2.28. The number of hydrogen-bond donors (Lipinski definition) is 1. The van der Waals surface area contributed by atoms with Crippen LogP contribution in [0, 0.1) is 17.8 Å². The SMILES string of the molecule is COc1ccc(Br)c(CNC(C)C2CC3CCC2C3)c1. The first-order valence-electron chi connectivity index (χ1n) is 7.73. The van der Waals surface area contributed by atoms with E-state index in [0.29, 0.717) is 6.04 Å². The van der Waals surface area contributed by atoms with E-state index < -0.39 is 0 Å². The van der Waals surface area contributed by atoms with Crippen molar-refractivity contribution < 1.29 is 4.74 Å². The van der Waals surface area contributed by atoms with Crippen LogP contribution in [0.2, 0.25) is 0 Å². The molecule has 3 heteroatoms. The molecule has 110 valence electrons. The summed E-state index contributed by atoms with van der Waals surface area (Å²) < 4.78 is 6.47. The van der Waals surface area contributed by atoms with Crippen LogP contribution in [0.15, 0.2) is 22.7 Å². The van der Waals surface area contributed by atoms with Crippen molar-refractivity contribution in [3.8, 4) is 5.75 Å². The highest BCUT2D eigenvalue weighted by atomic mass is 79.9. The van der Waals surface area contributed by atoms with Crippen LogP contribution in [0.3, 0.4) is 0 Å². The summed E-state index contributed by atoms with van der Waals surface area (Å²) >= 11 is 3.63. The first-order valence-corrected chi connectivity index (χ1v) is 8.52. The van der Waals surface area contributed by atoms with E-state index in [1.54, 1.807) is 7.11 Å². The lowest BCUT2D eigenvalue weighted by molar-refractivity contribution is 0.259. The van der Waals surface area contributed by atoms with Crippen molar-refractivity contribution in [2.75, 3.05) is 7.11 Å². The second-order valence-electron chi connectivity index (χ2n) is 6.47. The van der Waals surface area contributed by atoms with Gasteiger partial charge in [0.05, 0.1) is 7.11 Å². The second kappa shape index (κ2) is 6.07. The summed E-state index contributed by atoms with van der Waals surface area (Å²) in [5.74, 6) is 3.82. The van der Waals surface area contributed by atoms with Crippen LogP contribution in [0.4, 0.5) is 0 Å². The minimum Gasteiger partial charge on any atom is -0.497 e. The van der Waals surface area contributed by atoms with Gasteiger partial charge in [-0.25, -0.2) is 0 Å². The smallest absolute Gasteiger partial charge is 0.119 e. The van der Waals surface area contributed by atoms with Gasteiger partial charge in [-0.15, -0.1) is 0 Å². The van der Waals surface area contributed by atoms with Crippen molar-refractivity contribution in [3.63, 3.8) is 0 Å². The number of nitrogens with one attached hydrogen (secondary N) is 1. The molecule has 1 aromatic rings. The van der Waals surface area contributed by atoms with E-state index in [2.05, 4.69) is 40.3 Å². The standard InChI is InChI=1S/C17H24BrNO/c1-11(16-8-12-3-4-13(16)7-12)19-10-14-9-15(20-2)5-6-17(14)18/h5-6,9,11-13,16,19H,3-4,7-8,10H2,1-2H3. The minimum atomic E-state index is 0.614. The van der Waals surface area contributed by atoms with E-state index in [4.69, 9.17) is 4.74 Å². The molecule has 2 saturated carbocycles. The van der Waals surface area contributed by atoms with Crippen LogP contribution in [0.1, 0.15) is 38.2 Å². The Kier molecular flexibility index (Phi) is 4.37. The van der Waals surface area contributed by atoms with Gasteiger partial charge in [0.1, 0.15) is 5.75 Å². The van der Waals surface area contributed by atoms with Crippen LogP contribution in [0.25, 0.3) is 0 Å². The van der Waals surface area contributed by atoms with Gasteiger partial charge in [-0.2, -0.15) is 0 Å². The molecule has 20 heavy (non-hydrogen) atoms. The molecule has 2 nitrogen and oxygen atoms in total. The van der Waals surface area contributed by atoms with Crippen molar-refractivity contribution in [1.82, 2.24) is 5.32 Å². The van der Waals surface area contributed by atoms with Crippen molar-refractivity contribution >= 4 is 15.9 Å². The Balaban J connectivity index is 1.59. The summed E-state index contributed by atoms with van der Waals surface area (Å²) in [7, 11) is 1.72. The highest BCUT2D eigenvalue weighted by Gasteiger charge is 2.41. The molecule has 2 aliphatic carbocycles. The van der Waals surface area contributed by atoms with Gasteiger partial charge in [0.2, 0.25) is 0 Å². The molecule has 2 fully saturated rings. The zero-order valence-corrected chi connectivity index (χ0v) is 13.9. The van der Waals surface area contributed by atoms with Crippen LogP contribution in [0.5, 0.6) is 5.75 Å². The van der Waals surface area contributed by atoms with Gasteiger partial charge >= 0.3 is 0 Å². The molecule has 3 rings (SSSR count). The molecule has 0 radical (unpaired) electrons. The number of benzene rings is 1. The largest absolute Gasteiger partial charge is 0.497 e. The Labute approximate surface area is 130 Å². The molecule has 1 aromatic carbocycles. The molecule has 0 saturated heterocycles. The second-order valence-corrected chi connectivity index (χ2v) is 7.32. The fourth-order valence-corrected chi connectivity index (χ4v) is 4.53. The van der Waals surface area contributed by atoms with E-state index in [1.807, 2.05) is 6.07 Å². The molecule has 0 amide bonds. The molecular formula is C17H24BrNO. The normalized spacial score (nSPS) is 29.6.